The predicted molar refractivity (Wildman–Crippen MR) is 84.3 cm³/mol. The number of alkyl halides is 1. The number of hydrogen-bond donors (Lipinski definition) is 0. The van der Waals surface area contributed by atoms with Crippen LogP contribution in [0, 0.1) is 19.8 Å². The summed E-state index contributed by atoms with van der Waals surface area (Å²) in [7, 11) is 0. The molecule has 0 aromatic heterocycles. The minimum atomic E-state index is 0.805. The average Bonchev–Trinajstić information content (AvgIpc) is 2.36. The molecule has 0 bridgehead atoms. The van der Waals surface area contributed by atoms with E-state index >= 15 is 0 Å². The third-order valence-electron chi connectivity index (χ3n) is 3.88. The molecule has 0 heterocycles. The Kier molecular flexibility index (Phi) is 5.05. The lowest BCUT2D eigenvalue weighted by Crippen LogP contribution is -2.10. The molecular weight excluding hydrogens is 284 g/mol. The Morgan fingerprint density at radius 1 is 1.11 bits per heavy atom. The van der Waals surface area contributed by atoms with E-state index in [0.717, 1.165) is 11.2 Å². The highest BCUT2D eigenvalue weighted by Gasteiger charge is 2.16. The summed E-state index contributed by atoms with van der Waals surface area (Å²) in [5, 5.41) is 1.02. The largest absolute Gasteiger partial charge is 0.0880 e. The molecule has 1 aliphatic carbocycles. The van der Waals surface area contributed by atoms with Crippen LogP contribution in [0.5, 0.6) is 0 Å². The second kappa shape index (κ2) is 6.56. The predicted octanol–water partition coefficient (Wildman–Crippen LogP) is 5.66. The highest BCUT2D eigenvalue weighted by Crippen LogP contribution is 2.31. The van der Waals surface area contributed by atoms with Crippen LogP contribution in [0.3, 0.4) is 0 Å². The second-order valence-electron chi connectivity index (χ2n) is 5.61. The standard InChI is InChI=1S/C17H23Br/c1-13-8-14(2)10-15(9-13)11-17(12-18)16-6-4-3-5-7-16/h8-11,16H,3-7,12H2,1-2H3. The lowest BCUT2D eigenvalue weighted by molar-refractivity contribution is 0.405. The highest BCUT2D eigenvalue weighted by atomic mass is 79.9. The van der Waals surface area contributed by atoms with Crippen molar-refractivity contribution in [2.75, 3.05) is 5.33 Å². The molecule has 0 radical (unpaired) electrons. The molecule has 1 fully saturated rings. The first kappa shape index (κ1) is 13.9. The van der Waals surface area contributed by atoms with Crippen molar-refractivity contribution in [1.29, 1.82) is 0 Å². The van der Waals surface area contributed by atoms with Gasteiger partial charge in [-0.05, 0) is 38.2 Å². The third kappa shape index (κ3) is 3.71. The first-order valence-corrected chi connectivity index (χ1v) is 8.16. The van der Waals surface area contributed by atoms with Crippen molar-refractivity contribution < 1.29 is 0 Å². The summed E-state index contributed by atoms with van der Waals surface area (Å²) in [5.74, 6) is 0.805. The molecule has 0 atom stereocenters. The van der Waals surface area contributed by atoms with Gasteiger partial charge in [0.2, 0.25) is 0 Å². The lowest BCUT2D eigenvalue weighted by Gasteiger charge is -2.23. The molecule has 18 heavy (non-hydrogen) atoms. The van der Waals surface area contributed by atoms with Crippen LogP contribution in [-0.2, 0) is 0 Å². The van der Waals surface area contributed by atoms with E-state index in [9.17, 15) is 0 Å². The zero-order chi connectivity index (χ0) is 13.0. The molecule has 0 saturated heterocycles. The van der Waals surface area contributed by atoms with Crippen LogP contribution in [-0.4, -0.2) is 5.33 Å². The van der Waals surface area contributed by atoms with Crippen LogP contribution < -0.4 is 0 Å². The van der Waals surface area contributed by atoms with E-state index in [4.69, 9.17) is 0 Å². The van der Waals surface area contributed by atoms with Gasteiger partial charge in [0.25, 0.3) is 0 Å². The van der Waals surface area contributed by atoms with Gasteiger partial charge in [0.1, 0.15) is 0 Å². The van der Waals surface area contributed by atoms with Crippen molar-refractivity contribution in [3.8, 4) is 0 Å². The SMILES string of the molecule is Cc1cc(C)cc(C=C(CBr)C2CCCCC2)c1. The van der Waals surface area contributed by atoms with Crippen LogP contribution in [0.2, 0.25) is 0 Å². The molecular formula is C17H23Br. The van der Waals surface area contributed by atoms with Crippen molar-refractivity contribution in [2.45, 2.75) is 46.0 Å². The van der Waals surface area contributed by atoms with E-state index < -0.39 is 0 Å². The van der Waals surface area contributed by atoms with Gasteiger partial charge in [-0.15, -0.1) is 0 Å². The maximum Gasteiger partial charge on any atom is 0.0247 e. The van der Waals surface area contributed by atoms with E-state index in [-0.39, 0.29) is 0 Å². The minimum Gasteiger partial charge on any atom is -0.0880 e. The van der Waals surface area contributed by atoms with Crippen molar-refractivity contribution in [3.05, 3.63) is 40.5 Å². The van der Waals surface area contributed by atoms with E-state index in [2.05, 4.69) is 54.1 Å². The number of halogens is 1. The second-order valence-corrected chi connectivity index (χ2v) is 6.17. The van der Waals surface area contributed by atoms with Gasteiger partial charge in [0.05, 0.1) is 0 Å². The summed E-state index contributed by atoms with van der Waals surface area (Å²) in [6, 6.07) is 6.82. The monoisotopic (exact) mass is 306 g/mol. The molecule has 0 nitrogen and oxygen atoms in total. The Labute approximate surface area is 120 Å². The first-order valence-electron chi connectivity index (χ1n) is 7.04. The van der Waals surface area contributed by atoms with Gasteiger partial charge in [-0.3, -0.25) is 0 Å². The molecule has 0 N–H and O–H groups in total. The molecule has 2 rings (SSSR count). The van der Waals surface area contributed by atoms with Gasteiger partial charge in [0, 0.05) is 5.33 Å². The number of rotatable bonds is 3. The van der Waals surface area contributed by atoms with Crippen molar-refractivity contribution in [2.24, 2.45) is 5.92 Å². The van der Waals surface area contributed by atoms with Crippen LogP contribution in [0.4, 0.5) is 0 Å². The van der Waals surface area contributed by atoms with Crippen LogP contribution in [0.15, 0.2) is 23.8 Å². The van der Waals surface area contributed by atoms with Crippen LogP contribution >= 0.6 is 15.9 Å². The number of benzene rings is 1. The fourth-order valence-corrected chi connectivity index (χ4v) is 3.67. The Morgan fingerprint density at radius 2 is 1.72 bits per heavy atom. The Hall–Kier alpha value is -0.560. The smallest absolute Gasteiger partial charge is 0.0247 e. The fraction of sp³-hybridized carbons (Fsp3) is 0.529. The molecule has 1 heteroatoms. The summed E-state index contributed by atoms with van der Waals surface area (Å²) in [5.41, 5.74) is 5.67. The highest BCUT2D eigenvalue weighted by molar-refractivity contribution is 9.09. The molecule has 0 amide bonds. The molecule has 0 spiro atoms. The molecule has 1 aromatic carbocycles. The van der Waals surface area contributed by atoms with E-state index in [1.54, 1.807) is 5.57 Å². The molecule has 1 saturated carbocycles. The quantitative estimate of drug-likeness (QED) is 0.632. The zero-order valence-electron chi connectivity index (χ0n) is 11.5. The summed E-state index contributed by atoms with van der Waals surface area (Å²) < 4.78 is 0. The zero-order valence-corrected chi connectivity index (χ0v) is 13.1. The average molecular weight is 307 g/mol. The van der Waals surface area contributed by atoms with Gasteiger partial charge >= 0.3 is 0 Å². The summed E-state index contributed by atoms with van der Waals surface area (Å²) in [4.78, 5) is 0. The summed E-state index contributed by atoms with van der Waals surface area (Å²) >= 11 is 3.68. The third-order valence-corrected chi connectivity index (χ3v) is 4.53. The fourth-order valence-electron chi connectivity index (χ4n) is 3.05. The van der Waals surface area contributed by atoms with Gasteiger partial charge < -0.3 is 0 Å². The number of allylic oxidation sites excluding steroid dienone is 1. The Balaban J connectivity index is 2.22. The summed E-state index contributed by atoms with van der Waals surface area (Å²) in [6.07, 6.45) is 9.40. The Morgan fingerprint density at radius 3 is 2.28 bits per heavy atom. The molecule has 0 aliphatic heterocycles. The van der Waals surface area contributed by atoms with E-state index in [1.807, 2.05) is 0 Å². The van der Waals surface area contributed by atoms with Crippen molar-refractivity contribution in [3.63, 3.8) is 0 Å². The van der Waals surface area contributed by atoms with Gasteiger partial charge in [-0.1, -0.05) is 76.2 Å². The topological polar surface area (TPSA) is 0 Å². The number of aryl methyl sites for hydroxylation is 2. The maximum atomic E-state index is 3.68. The molecule has 98 valence electrons. The molecule has 0 unspecified atom stereocenters. The van der Waals surface area contributed by atoms with Crippen LogP contribution in [0.1, 0.15) is 48.8 Å². The van der Waals surface area contributed by atoms with E-state index in [0.29, 0.717) is 0 Å². The Bertz CT molecular complexity index is 405. The van der Waals surface area contributed by atoms with Gasteiger partial charge in [0.15, 0.2) is 0 Å². The minimum absolute atomic E-state index is 0.805. The summed E-state index contributed by atoms with van der Waals surface area (Å²) in [6.45, 7) is 4.36. The first-order chi connectivity index (χ1) is 8.69. The lowest BCUT2D eigenvalue weighted by atomic mass is 9.83. The van der Waals surface area contributed by atoms with E-state index in [1.165, 1.54) is 48.8 Å². The number of hydrogen-bond acceptors (Lipinski definition) is 0. The molecule has 1 aliphatic rings. The maximum absolute atomic E-state index is 3.68. The molecule has 1 aromatic rings. The normalized spacial score (nSPS) is 18.1. The van der Waals surface area contributed by atoms with Gasteiger partial charge in [-0.25, -0.2) is 0 Å². The van der Waals surface area contributed by atoms with Crippen LogP contribution in [0.25, 0.3) is 6.08 Å². The van der Waals surface area contributed by atoms with Gasteiger partial charge in [-0.2, -0.15) is 0 Å². The van der Waals surface area contributed by atoms with Crippen molar-refractivity contribution in [1.82, 2.24) is 0 Å². The van der Waals surface area contributed by atoms with Crippen molar-refractivity contribution >= 4 is 22.0 Å².